The van der Waals surface area contributed by atoms with Crippen LogP contribution in [0.3, 0.4) is 0 Å². The first-order valence-corrected chi connectivity index (χ1v) is 11.2. The van der Waals surface area contributed by atoms with Gasteiger partial charge in [0.2, 0.25) is 5.91 Å². The van der Waals surface area contributed by atoms with Gasteiger partial charge in [0.25, 0.3) is 5.91 Å². The lowest BCUT2D eigenvalue weighted by Gasteiger charge is -2.09. The first-order chi connectivity index (χ1) is 16.4. The Balaban J connectivity index is 1.39. The molecule has 0 saturated carbocycles. The largest absolute Gasteiger partial charge is 0.457 e. The maximum Gasteiger partial charge on any atom is 0.257 e. The van der Waals surface area contributed by atoms with E-state index in [0.29, 0.717) is 43.5 Å². The quantitative estimate of drug-likeness (QED) is 0.259. The topological polar surface area (TPSA) is 71.3 Å². The van der Waals surface area contributed by atoms with Crippen LogP contribution >= 0.6 is 34.8 Å². The third kappa shape index (κ3) is 6.08. The van der Waals surface area contributed by atoms with E-state index < -0.39 is 0 Å². The lowest BCUT2D eigenvalue weighted by Crippen LogP contribution is -2.13. The number of amides is 2. The number of benzene rings is 3. The first kappa shape index (κ1) is 23.6. The van der Waals surface area contributed by atoms with E-state index in [0.717, 1.165) is 5.56 Å². The molecule has 0 radical (unpaired) electrons. The third-order valence-corrected chi connectivity index (χ3v) is 5.45. The maximum absolute atomic E-state index is 12.5. The lowest BCUT2D eigenvalue weighted by molar-refractivity contribution is -0.111. The molecule has 0 unspecified atom stereocenters. The van der Waals surface area contributed by atoms with E-state index in [2.05, 4.69) is 10.6 Å². The molecule has 0 aliphatic carbocycles. The van der Waals surface area contributed by atoms with E-state index in [9.17, 15) is 9.59 Å². The minimum atomic E-state index is -0.363. The van der Waals surface area contributed by atoms with Crippen molar-refractivity contribution in [2.45, 2.75) is 0 Å². The number of carbonyl (C=O) groups excluding carboxylic acids is 2. The summed E-state index contributed by atoms with van der Waals surface area (Å²) >= 11 is 18.2. The number of anilines is 2. The van der Waals surface area contributed by atoms with Gasteiger partial charge in [0.15, 0.2) is 0 Å². The summed E-state index contributed by atoms with van der Waals surface area (Å²) in [5.41, 5.74) is 2.12. The average molecular weight is 512 g/mol. The molecule has 0 spiro atoms. The van der Waals surface area contributed by atoms with Gasteiger partial charge in [0.1, 0.15) is 11.5 Å². The van der Waals surface area contributed by atoms with Crippen molar-refractivity contribution in [1.29, 1.82) is 0 Å². The average Bonchev–Trinajstić information content (AvgIpc) is 3.27. The van der Waals surface area contributed by atoms with Crippen LogP contribution in [-0.4, -0.2) is 11.8 Å². The summed E-state index contributed by atoms with van der Waals surface area (Å²) in [6.07, 6.45) is 2.90. The molecule has 0 atom stereocenters. The summed E-state index contributed by atoms with van der Waals surface area (Å²) in [4.78, 5) is 24.8. The fourth-order valence-corrected chi connectivity index (χ4v) is 3.90. The fourth-order valence-electron chi connectivity index (χ4n) is 3.15. The number of hydrogen-bond acceptors (Lipinski definition) is 3. The molecule has 0 bridgehead atoms. The van der Waals surface area contributed by atoms with Gasteiger partial charge in [-0.15, -0.1) is 0 Å². The Hall–Kier alpha value is -3.51. The molecule has 5 nitrogen and oxygen atoms in total. The van der Waals surface area contributed by atoms with Crippen LogP contribution in [0.1, 0.15) is 16.1 Å². The standard InChI is InChI=1S/C26H17Cl3N2O3/c27-17-12-16(13-18(28)14-17)24-10-8-21(34-24)9-11-25(32)30-19-4-3-5-20(15-19)31-26(33)22-6-1-2-7-23(22)29/h1-15H,(H,30,32)(H,31,33)/b11-9+. The molecule has 1 heterocycles. The van der Waals surface area contributed by atoms with E-state index in [1.807, 2.05) is 0 Å². The van der Waals surface area contributed by atoms with Crippen LogP contribution in [0.4, 0.5) is 11.4 Å². The molecule has 4 aromatic rings. The van der Waals surface area contributed by atoms with Gasteiger partial charge < -0.3 is 15.1 Å². The van der Waals surface area contributed by atoms with Crippen molar-refractivity contribution in [1.82, 2.24) is 0 Å². The van der Waals surface area contributed by atoms with Crippen molar-refractivity contribution >= 4 is 64.1 Å². The SMILES string of the molecule is O=C(/C=C/c1ccc(-c2cc(Cl)cc(Cl)c2)o1)Nc1cccc(NC(=O)c2ccccc2Cl)c1. The zero-order valence-corrected chi connectivity index (χ0v) is 19.8. The molecule has 3 aromatic carbocycles. The highest BCUT2D eigenvalue weighted by Crippen LogP contribution is 2.29. The molecule has 0 aliphatic heterocycles. The molecule has 34 heavy (non-hydrogen) atoms. The van der Waals surface area contributed by atoms with E-state index in [1.54, 1.807) is 84.9 Å². The van der Waals surface area contributed by atoms with Gasteiger partial charge in [-0.1, -0.05) is 53.0 Å². The van der Waals surface area contributed by atoms with Gasteiger partial charge >= 0.3 is 0 Å². The highest BCUT2D eigenvalue weighted by Gasteiger charge is 2.10. The summed E-state index contributed by atoms with van der Waals surface area (Å²) in [7, 11) is 0. The molecule has 8 heteroatoms. The van der Waals surface area contributed by atoms with Crippen LogP contribution in [0.15, 0.2) is 89.4 Å². The van der Waals surface area contributed by atoms with Crippen LogP contribution in [0.5, 0.6) is 0 Å². The summed E-state index contributed by atoms with van der Waals surface area (Å²) in [5, 5.41) is 6.88. The van der Waals surface area contributed by atoms with Crippen molar-refractivity contribution < 1.29 is 14.0 Å². The molecule has 2 N–H and O–H groups in total. The molecule has 0 fully saturated rings. The predicted octanol–water partition coefficient (Wildman–Crippen LogP) is 7.81. The summed E-state index contributed by atoms with van der Waals surface area (Å²) in [6.45, 7) is 0. The predicted molar refractivity (Wildman–Crippen MR) is 138 cm³/mol. The second-order valence-corrected chi connectivity index (χ2v) is 8.48. The molecule has 4 rings (SSSR count). The molecular weight excluding hydrogens is 495 g/mol. The van der Waals surface area contributed by atoms with Gasteiger partial charge in [-0.3, -0.25) is 9.59 Å². The molecule has 0 aliphatic rings. The zero-order chi connectivity index (χ0) is 24.1. The minimum absolute atomic E-state index is 0.344. The Bertz CT molecular complexity index is 1380. The number of furan rings is 1. The summed E-state index contributed by atoms with van der Waals surface area (Å²) in [5.74, 6) is 0.357. The van der Waals surface area contributed by atoms with E-state index in [4.69, 9.17) is 39.2 Å². The van der Waals surface area contributed by atoms with Crippen molar-refractivity contribution in [2.75, 3.05) is 10.6 Å². The van der Waals surface area contributed by atoms with Crippen molar-refractivity contribution in [3.05, 3.63) is 111 Å². The second-order valence-electron chi connectivity index (χ2n) is 7.20. The van der Waals surface area contributed by atoms with Crippen LogP contribution in [0.25, 0.3) is 17.4 Å². The van der Waals surface area contributed by atoms with Crippen molar-refractivity contribution in [2.24, 2.45) is 0 Å². The normalized spacial score (nSPS) is 10.9. The van der Waals surface area contributed by atoms with E-state index in [-0.39, 0.29) is 11.8 Å². The summed E-state index contributed by atoms with van der Waals surface area (Å²) < 4.78 is 5.75. The van der Waals surface area contributed by atoms with E-state index >= 15 is 0 Å². The molecule has 2 amide bonds. The Morgan fingerprint density at radius 2 is 1.47 bits per heavy atom. The van der Waals surface area contributed by atoms with Crippen molar-refractivity contribution in [3.8, 4) is 11.3 Å². The number of halogens is 3. The number of carbonyl (C=O) groups is 2. The number of nitrogens with one attached hydrogen (secondary N) is 2. The third-order valence-electron chi connectivity index (χ3n) is 4.68. The Morgan fingerprint density at radius 3 is 2.21 bits per heavy atom. The van der Waals surface area contributed by atoms with Crippen LogP contribution in [0.2, 0.25) is 15.1 Å². The lowest BCUT2D eigenvalue weighted by atomic mass is 10.2. The van der Waals surface area contributed by atoms with Gasteiger partial charge in [-0.25, -0.2) is 0 Å². The molecule has 0 saturated heterocycles. The highest BCUT2D eigenvalue weighted by molar-refractivity contribution is 6.35. The maximum atomic E-state index is 12.5. The van der Waals surface area contributed by atoms with Gasteiger partial charge in [0, 0.05) is 33.1 Å². The second kappa shape index (κ2) is 10.6. The zero-order valence-electron chi connectivity index (χ0n) is 17.5. The van der Waals surface area contributed by atoms with Gasteiger partial charge in [-0.05, 0) is 66.7 Å². The first-order valence-electron chi connectivity index (χ1n) is 10.1. The number of hydrogen-bond donors (Lipinski definition) is 2. The van der Waals surface area contributed by atoms with Gasteiger partial charge in [-0.2, -0.15) is 0 Å². The fraction of sp³-hybridized carbons (Fsp3) is 0. The smallest absolute Gasteiger partial charge is 0.257 e. The molecular formula is C26H17Cl3N2O3. The van der Waals surface area contributed by atoms with E-state index in [1.165, 1.54) is 6.08 Å². The minimum Gasteiger partial charge on any atom is -0.457 e. The Morgan fingerprint density at radius 1 is 0.765 bits per heavy atom. The molecule has 1 aromatic heterocycles. The Labute approximate surface area is 210 Å². The highest BCUT2D eigenvalue weighted by atomic mass is 35.5. The van der Waals surface area contributed by atoms with Crippen molar-refractivity contribution in [3.63, 3.8) is 0 Å². The van der Waals surface area contributed by atoms with Crippen LogP contribution < -0.4 is 10.6 Å². The van der Waals surface area contributed by atoms with Crippen LogP contribution in [-0.2, 0) is 4.79 Å². The van der Waals surface area contributed by atoms with Gasteiger partial charge in [0.05, 0.1) is 10.6 Å². The Kier molecular flexibility index (Phi) is 7.38. The monoisotopic (exact) mass is 510 g/mol. The molecule has 170 valence electrons. The summed E-state index contributed by atoms with van der Waals surface area (Å²) in [6, 6.07) is 22.2. The number of rotatable bonds is 6. The van der Waals surface area contributed by atoms with Crippen LogP contribution in [0, 0.1) is 0 Å².